The molecule has 164 valence electrons. The second-order valence-corrected chi connectivity index (χ2v) is 6.47. The number of nitrogens with zero attached hydrogens (tertiary/aromatic N) is 1. The molecule has 0 amide bonds. The summed E-state index contributed by atoms with van der Waals surface area (Å²) in [4.78, 5) is 37.5. The number of rotatable bonds is 7. The monoisotopic (exact) mass is 418 g/mol. The van der Waals surface area contributed by atoms with Gasteiger partial charge in [-0.2, -0.15) is 0 Å². The Morgan fingerprint density at radius 1 is 1.00 bits per heavy atom. The van der Waals surface area contributed by atoms with Gasteiger partial charge in [-0.3, -0.25) is 14.2 Å². The molecule has 0 aliphatic rings. The number of ether oxygens (including phenoxy) is 2. The summed E-state index contributed by atoms with van der Waals surface area (Å²) in [7, 11) is 2.59. The number of nitrogens with one attached hydrogen (secondary N) is 1. The van der Waals surface area contributed by atoms with Crippen LogP contribution in [0.4, 0.5) is 0 Å². The number of aromatic nitrogens is 1. The van der Waals surface area contributed by atoms with E-state index in [1.807, 2.05) is 0 Å². The molecule has 2 rings (SSSR count). The molecule has 8 heteroatoms. The fourth-order valence-electron chi connectivity index (χ4n) is 2.83. The van der Waals surface area contributed by atoms with Gasteiger partial charge in [0.15, 0.2) is 5.78 Å². The zero-order valence-electron chi connectivity index (χ0n) is 18.4. The van der Waals surface area contributed by atoms with Gasteiger partial charge in [-0.05, 0) is 63.9 Å². The van der Waals surface area contributed by atoms with Crippen LogP contribution >= 0.6 is 0 Å². The molecule has 0 aliphatic heterocycles. The first-order chi connectivity index (χ1) is 14.2. The average molecular weight is 418 g/mol. The van der Waals surface area contributed by atoms with Crippen LogP contribution in [0.3, 0.4) is 0 Å². The number of hydrogen-bond acceptors (Lipinski definition) is 6. The van der Waals surface area contributed by atoms with Gasteiger partial charge in [0.05, 0.1) is 45.0 Å². The number of carbonyl (C=O) groups is 2. The lowest BCUT2D eigenvalue weighted by atomic mass is 10.1. The molecule has 0 bridgehead atoms. The number of methoxy groups -OCH3 is 2. The summed E-state index contributed by atoms with van der Waals surface area (Å²) in [5, 5.41) is 12.4. The summed E-state index contributed by atoms with van der Waals surface area (Å²) in [6.45, 7) is 11.7. The van der Waals surface area contributed by atoms with E-state index < -0.39 is 23.2 Å². The molecule has 0 spiro atoms. The van der Waals surface area contributed by atoms with Crippen molar-refractivity contribution in [3.8, 4) is 17.3 Å². The fraction of sp³-hybridized carbons (Fsp3) is 0.409. The van der Waals surface area contributed by atoms with Gasteiger partial charge in [0, 0.05) is 5.69 Å². The largest absolute Gasteiger partial charge is 0.859 e. The normalized spacial score (nSPS) is 10.2. The van der Waals surface area contributed by atoms with E-state index in [0.29, 0.717) is 5.75 Å². The van der Waals surface area contributed by atoms with Crippen LogP contribution in [0.15, 0.2) is 35.1 Å². The maximum atomic E-state index is 12.4. The number of pyridine rings is 1. The number of carbonyl (C=O) groups excluding carboxylic acids is 2. The molecule has 0 unspecified atom stereocenters. The quantitative estimate of drug-likeness (QED) is 0.528. The first-order valence-corrected chi connectivity index (χ1v) is 9.79. The number of esters is 1. The Bertz CT molecular complexity index is 909. The van der Waals surface area contributed by atoms with Crippen LogP contribution < -0.4 is 20.3 Å². The van der Waals surface area contributed by atoms with Gasteiger partial charge in [0.2, 0.25) is 0 Å². The third-order valence-electron chi connectivity index (χ3n) is 4.77. The Morgan fingerprint density at radius 3 is 1.90 bits per heavy atom. The Balaban J connectivity index is 0.000000553. The highest BCUT2D eigenvalue weighted by Crippen LogP contribution is 2.21. The van der Waals surface area contributed by atoms with Crippen molar-refractivity contribution in [2.24, 2.45) is 0 Å². The van der Waals surface area contributed by atoms with Crippen molar-refractivity contribution in [1.29, 1.82) is 0 Å². The van der Waals surface area contributed by atoms with Gasteiger partial charge < -0.3 is 19.5 Å². The zero-order valence-corrected chi connectivity index (χ0v) is 18.4. The fourth-order valence-corrected chi connectivity index (χ4v) is 2.83. The first-order valence-electron chi connectivity index (χ1n) is 9.79. The van der Waals surface area contributed by atoms with E-state index in [0.717, 1.165) is 17.7 Å². The number of benzene rings is 1. The summed E-state index contributed by atoms with van der Waals surface area (Å²) < 4.78 is 10.3. The van der Waals surface area contributed by atoms with Gasteiger partial charge in [0.1, 0.15) is 5.75 Å². The van der Waals surface area contributed by atoms with Crippen molar-refractivity contribution in [2.45, 2.75) is 27.7 Å². The van der Waals surface area contributed by atoms with E-state index in [1.54, 1.807) is 17.0 Å². The molecular formula is C22H30N2O6. The number of Topliss-reactive ketones (excluding diaryl/α,β-unsaturated/α-hetero) is 1. The van der Waals surface area contributed by atoms with Gasteiger partial charge in [0.25, 0.3) is 5.56 Å². The third-order valence-corrected chi connectivity index (χ3v) is 4.77. The minimum Gasteiger partial charge on any atom is -0.859 e. The molecule has 1 N–H and O–H groups in total. The molecule has 8 nitrogen and oxygen atoms in total. The van der Waals surface area contributed by atoms with Gasteiger partial charge in [-0.15, -0.1) is 0 Å². The van der Waals surface area contributed by atoms with Crippen LogP contribution in [0.1, 0.15) is 48.4 Å². The van der Waals surface area contributed by atoms with E-state index in [2.05, 4.69) is 25.5 Å². The van der Waals surface area contributed by atoms with Crippen LogP contribution in [0, 0.1) is 0 Å². The first kappa shape index (κ1) is 24.9. The standard InChI is InChI=1S/C16H15NO6.C6H15N/c1-9(18)12-8-13(16(21)23-3)15(20)17(14(12)19)10-4-6-11(22-2)7-5-10;1-4-7(5-2)6-3/h4-8,20H,1-3H3;4-6H2,1-3H3. The molecule has 0 atom stereocenters. The SMILES string of the molecule is CC[NH+](CC)CC.COC(=O)c1cc(C(C)=O)c(=O)n(-c2ccc(OC)cc2)c1[O-]. The highest BCUT2D eigenvalue weighted by Gasteiger charge is 2.18. The average Bonchev–Trinajstić information content (AvgIpc) is 2.75. The molecule has 0 radical (unpaired) electrons. The lowest BCUT2D eigenvalue weighted by Crippen LogP contribution is -3.11. The molecule has 1 aromatic carbocycles. The number of ketones is 1. The third kappa shape index (κ3) is 5.93. The van der Waals surface area contributed by atoms with E-state index in [-0.39, 0.29) is 16.8 Å². The van der Waals surface area contributed by atoms with Crippen LogP contribution in [-0.2, 0) is 4.74 Å². The highest BCUT2D eigenvalue weighted by atomic mass is 16.5. The highest BCUT2D eigenvalue weighted by molar-refractivity contribution is 5.98. The Hall–Kier alpha value is -3.13. The maximum absolute atomic E-state index is 12.4. The summed E-state index contributed by atoms with van der Waals surface area (Å²) in [5.41, 5.74) is -1.22. The van der Waals surface area contributed by atoms with Crippen molar-refractivity contribution in [1.82, 2.24) is 4.57 Å². The van der Waals surface area contributed by atoms with Gasteiger partial charge in [-0.25, -0.2) is 4.79 Å². The molecule has 2 aromatic rings. The predicted octanol–water partition coefficient (Wildman–Crippen LogP) is 0.840. The molecular weight excluding hydrogens is 388 g/mol. The lowest BCUT2D eigenvalue weighted by Gasteiger charge is -2.21. The van der Waals surface area contributed by atoms with Crippen molar-refractivity contribution in [3.05, 3.63) is 51.8 Å². The molecule has 0 saturated carbocycles. The molecule has 30 heavy (non-hydrogen) atoms. The van der Waals surface area contributed by atoms with Crippen LogP contribution in [0.5, 0.6) is 11.6 Å². The van der Waals surface area contributed by atoms with E-state index in [9.17, 15) is 19.5 Å². The minimum absolute atomic E-state index is 0.217. The van der Waals surface area contributed by atoms with Crippen molar-refractivity contribution in [2.75, 3.05) is 33.9 Å². The smallest absolute Gasteiger partial charge is 0.338 e. The van der Waals surface area contributed by atoms with Crippen molar-refractivity contribution in [3.63, 3.8) is 0 Å². The second-order valence-electron chi connectivity index (χ2n) is 6.47. The molecule has 0 saturated heterocycles. The van der Waals surface area contributed by atoms with Crippen molar-refractivity contribution >= 4 is 11.8 Å². The summed E-state index contributed by atoms with van der Waals surface area (Å²) >= 11 is 0. The lowest BCUT2D eigenvalue weighted by molar-refractivity contribution is -0.894. The van der Waals surface area contributed by atoms with E-state index >= 15 is 0 Å². The topological polar surface area (TPSA) is 102 Å². The van der Waals surface area contributed by atoms with Crippen LogP contribution in [0.25, 0.3) is 5.69 Å². The summed E-state index contributed by atoms with van der Waals surface area (Å²) in [6, 6.07) is 7.04. The van der Waals surface area contributed by atoms with E-state index in [4.69, 9.17) is 4.74 Å². The molecule has 0 aliphatic carbocycles. The summed E-state index contributed by atoms with van der Waals surface area (Å²) in [6.07, 6.45) is 0. The van der Waals surface area contributed by atoms with Crippen molar-refractivity contribution < 1.29 is 29.1 Å². The van der Waals surface area contributed by atoms with Crippen LogP contribution in [-0.4, -0.2) is 50.2 Å². The van der Waals surface area contributed by atoms with Gasteiger partial charge in [-0.1, -0.05) is 0 Å². The molecule has 1 heterocycles. The minimum atomic E-state index is -0.917. The Kier molecular flexibility index (Phi) is 9.77. The summed E-state index contributed by atoms with van der Waals surface area (Å²) in [5.74, 6) is -1.79. The number of quaternary nitrogens is 1. The number of hydrogen-bond donors (Lipinski definition) is 1. The maximum Gasteiger partial charge on any atom is 0.338 e. The predicted molar refractivity (Wildman–Crippen MR) is 112 cm³/mol. The van der Waals surface area contributed by atoms with Gasteiger partial charge >= 0.3 is 5.97 Å². The Morgan fingerprint density at radius 2 is 1.53 bits per heavy atom. The van der Waals surface area contributed by atoms with Crippen LogP contribution in [0.2, 0.25) is 0 Å². The zero-order chi connectivity index (χ0) is 22.8. The second kappa shape index (κ2) is 11.8. The Labute approximate surface area is 176 Å². The molecule has 1 aromatic heterocycles. The molecule has 0 fully saturated rings. The van der Waals surface area contributed by atoms with E-state index in [1.165, 1.54) is 45.8 Å².